The van der Waals surface area contributed by atoms with Gasteiger partial charge in [0.15, 0.2) is 0 Å². The van der Waals surface area contributed by atoms with Crippen molar-refractivity contribution in [3.05, 3.63) is 70.7 Å². The molecule has 0 aliphatic rings. The number of ether oxygens (including phenoxy) is 1. The maximum Gasteiger partial charge on any atom is 0.376 e. The van der Waals surface area contributed by atoms with Crippen LogP contribution in [0.5, 0.6) is 5.75 Å². The first-order chi connectivity index (χ1) is 13.7. The van der Waals surface area contributed by atoms with Gasteiger partial charge < -0.3 is 19.5 Å². The Morgan fingerprint density at radius 2 is 1.83 bits per heavy atom. The smallest absolute Gasteiger partial charge is 0.376 e. The molecule has 0 aliphatic carbocycles. The number of aliphatic carboxylic acids is 1. The number of rotatable bonds is 6. The van der Waals surface area contributed by atoms with Crippen LogP contribution in [-0.2, 0) is 16.1 Å². The first-order valence-corrected chi connectivity index (χ1v) is 8.82. The van der Waals surface area contributed by atoms with Crippen LogP contribution in [-0.4, -0.2) is 33.6 Å². The van der Waals surface area contributed by atoms with E-state index in [1.165, 1.54) is 7.11 Å². The Labute approximate surface area is 166 Å². The predicted octanol–water partition coefficient (Wildman–Crippen LogP) is 4.01. The number of methoxy groups -OCH3 is 1. The molecule has 0 atom stereocenters. The molecule has 6 nitrogen and oxygen atoms in total. The average molecular weight is 397 g/mol. The first-order valence-electron chi connectivity index (χ1n) is 8.82. The molecular formula is C22H20FNO5. The zero-order valence-corrected chi connectivity index (χ0v) is 16.2. The van der Waals surface area contributed by atoms with Crippen LogP contribution >= 0.6 is 0 Å². The average Bonchev–Trinajstić information content (AvgIpc) is 3.04. The second-order valence-electron chi connectivity index (χ2n) is 6.77. The first kappa shape index (κ1) is 20.1. The third-order valence-electron chi connectivity index (χ3n) is 4.69. The van der Waals surface area contributed by atoms with Gasteiger partial charge in [0.2, 0.25) is 0 Å². The number of fused-ring (bicyclic) bond motifs is 1. The van der Waals surface area contributed by atoms with Gasteiger partial charge in [-0.3, -0.25) is 4.79 Å². The topological polar surface area (TPSA) is 88.8 Å². The third kappa shape index (κ3) is 3.85. The van der Waals surface area contributed by atoms with Crippen molar-refractivity contribution >= 4 is 28.4 Å². The third-order valence-corrected chi connectivity index (χ3v) is 4.69. The highest BCUT2D eigenvalue weighted by atomic mass is 19.1. The minimum absolute atomic E-state index is 0.249. The van der Waals surface area contributed by atoms with Crippen LogP contribution in [0.3, 0.4) is 0 Å². The van der Waals surface area contributed by atoms with E-state index in [2.05, 4.69) is 0 Å². The van der Waals surface area contributed by atoms with E-state index in [-0.39, 0.29) is 11.4 Å². The Balaban J connectivity index is 2.17. The Kier molecular flexibility index (Phi) is 5.41. The number of hydrogen-bond acceptors (Lipinski definition) is 4. The molecule has 0 aliphatic heterocycles. The Hall–Kier alpha value is -3.61. The van der Waals surface area contributed by atoms with E-state index in [0.717, 1.165) is 5.56 Å². The van der Waals surface area contributed by atoms with Crippen molar-refractivity contribution in [2.75, 3.05) is 7.11 Å². The van der Waals surface area contributed by atoms with Gasteiger partial charge in [0.1, 0.15) is 17.3 Å². The molecule has 0 fully saturated rings. The van der Waals surface area contributed by atoms with Crippen molar-refractivity contribution in [1.29, 1.82) is 0 Å². The fourth-order valence-electron chi connectivity index (χ4n) is 3.40. The van der Waals surface area contributed by atoms with Gasteiger partial charge in [0, 0.05) is 24.4 Å². The molecule has 0 unspecified atom stereocenters. The summed E-state index contributed by atoms with van der Waals surface area (Å²) in [5, 5.41) is 19.8. The molecule has 2 N–H and O–H groups in total. The number of carbonyl (C=O) groups is 2. The van der Waals surface area contributed by atoms with E-state index in [1.54, 1.807) is 44.3 Å². The maximum absolute atomic E-state index is 14.0. The fraction of sp³-hybridized carbons (Fsp3) is 0.182. The minimum atomic E-state index is -1.66. The van der Waals surface area contributed by atoms with E-state index in [9.17, 15) is 19.1 Å². The van der Waals surface area contributed by atoms with E-state index in [4.69, 9.17) is 9.84 Å². The van der Waals surface area contributed by atoms with Crippen molar-refractivity contribution in [1.82, 2.24) is 4.57 Å². The largest absolute Gasteiger partial charge is 0.507 e. The second-order valence-corrected chi connectivity index (χ2v) is 6.77. The summed E-state index contributed by atoms with van der Waals surface area (Å²) in [6, 6.07) is 8.80. The lowest BCUT2D eigenvalue weighted by Crippen LogP contribution is -2.09. The number of carbonyl (C=O) groups excluding carboxylic acids is 1. The highest BCUT2D eigenvalue weighted by Crippen LogP contribution is 2.34. The number of halogens is 1. The van der Waals surface area contributed by atoms with Gasteiger partial charge >= 0.3 is 5.97 Å². The molecular weight excluding hydrogens is 377 g/mol. The number of benzene rings is 2. The molecule has 0 saturated heterocycles. The second kappa shape index (κ2) is 7.79. The fourth-order valence-corrected chi connectivity index (χ4v) is 3.40. The van der Waals surface area contributed by atoms with E-state index >= 15 is 0 Å². The summed E-state index contributed by atoms with van der Waals surface area (Å²) in [6.07, 6.45) is 2.28. The van der Waals surface area contributed by atoms with Gasteiger partial charge in [-0.15, -0.1) is 0 Å². The molecule has 1 heterocycles. The summed E-state index contributed by atoms with van der Waals surface area (Å²) in [6.45, 7) is 3.77. The van der Waals surface area contributed by atoms with Crippen molar-refractivity contribution in [3.63, 3.8) is 0 Å². The summed E-state index contributed by atoms with van der Waals surface area (Å²) >= 11 is 0. The highest BCUT2D eigenvalue weighted by molar-refractivity contribution is 6.38. The van der Waals surface area contributed by atoms with Gasteiger partial charge in [-0.25, -0.2) is 9.18 Å². The Morgan fingerprint density at radius 1 is 1.17 bits per heavy atom. The maximum atomic E-state index is 14.0. The Morgan fingerprint density at radius 3 is 2.41 bits per heavy atom. The van der Waals surface area contributed by atoms with Crippen LogP contribution in [0.15, 0.2) is 42.6 Å². The number of carboxylic acid groups (broad SMARTS) is 1. The molecule has 7 heteroatoms. The molecule has 150 valence electrons. The number of aliphatic hydroxyl groups is 1. The predicted molar refractivity (Wildman–Crippen MR) is 107 cm³/mol. The van der Waals surface area contributed by atoms with Gasteiger partial charge in [0.05, 0.1) is 18.0 Å². The highest BCUT2D eigenvalue weighted by Gasteiger charge is 2.19. The molecule has 0 spiro atoms. The monoisotopic (exact) mass is 397 g/mol. The zero-order valence-electron chi connectivity index (χ0n) is 16.2. The molecule has 1 aromatic heterocycles. The summed E-state index contributed by atoms with van der Waals surface area (Å²) in [4.78, 5) is 22.3. The SMILES string of the molecule is COc1cccc2c1c(/C(O)=C/C(=O)C(=O)O)cn2Cc1cc(C)c(F)c(C)c1. The number of ketones is 1. The summed E-state index contributed by atoms with van der Waals surface area (Å²) in [5.74, 6) is -3.16. The van der Waals surface area contributed by atoms with Gasteiger partial charge in [0.25, 0.3) is 5.78 Å². The van der Waals surface area contributed by atoms with Crippen molar-refractivity contribution in [3.8, 4) is 5.75 Å². The van der Waals surface area contributed by atoms with E-state index in [0.29, 0.717) is 40.4 Å². The molecule has 29 heavy (non-hydrogen) atoms. The van der Waals surface area contributed by atoms with Crippen LogP contribution < -0.4 is 4.74 Å². The zero-order chi connectivity index (χ0) is 21.3. The molecule has 3 rings (SSSR count). The summed E-state index contributed by atoms with van der Waals surface area (Å²) in [5.41, 5.74) is 2.90. The van der Waals surface area contributed by atoms with E-state index < -0.39 is 17.5 Å². The number of nitrogens with zero attached hydrogens (tertiary/aromatic N) is 1. The standard InChI is InChI=1S/C22H20FNO5/c1-12-7-14(8-13(2)21(12)23)10-24-11-15(17(25)9-18(26)22(27)28)20-16(24)5-4-6-19(20)29-3/h4-9,11,25H,10H2,1-3H3,(H,27,28)/b17-9-. The molecule has 0 radical (unpaired) electrons. The van der Waals surface area contributed by atoms with E-state index in [1.807, 2.05) is 10.6 Å². The lowest BCUT2D eigenvalue weighted by Gasteiger charge is -2.10. The normalized spacial score (nSPS) is 11.7. The summed E-state index contributed by atoms with van der Waals surface area (Å²) < 4.78 is 21.2. The van der Waals surface area contributed by atoms with Crippen molar-refractivity contribution < 1.29 is 28.9 Å². The number of aromatic nitrogens is 1. The number of carboxylic acids is 1. The Bertz CT molecular complexity index is 1140. The van der Waals surface area contributed by atoms with Crippen LogP contribution in [0.1, 0.15) is 22.3 Å². The molecule has 0 bridgehead atoms. The molecule has 2 aromatic carbocycles. The summed E-state index contributed by atoms with van der Waals surface area (Å²) in [7, 11) is 1.48. The van der Waals surface area contributed by atoms with Crippen LogP contribution in [0, 0.1) is 19.7 Å². The minimum Gasteiger partial charge on any atom is -0.507 e. The molecule has 0 saturated carbocycles. The number of aliphatic hydroxyl groups excluding tert-OH is 1. The van der Waals surface area contributed by atoms with Crippen molar-refractivity contribution in [2.45, 2.75) is 20.4 Å². The van der Waals surface area contributed by atoms with Gasteiger partial charge in [-0.1, -0.05) is 18.2 Å². The number of hydrogen-bond donors (Lipinski definition) is 2. The lowest BCUT2D eigenvalue weighted by atomic mass is 10.1. The lowest BCUT2D eigenvalue weighted by molar-refractivity contribution is -0.146. The molecule has 3 aromatic rings. The quantitative estimate of drug-likeness (QED) is 0.373. The van der Waals surface area contributed by atoms with Gasteiger partial charge in [-0.2, -0.15) is 0 Å². The molecule has 0 amide bonds. The van der Waals surface area contributed by atoms with Gasteiger partial charge in [-0.05, 0) is 42.7 Å². The van der Waals surface area contributed by atoms with Crippen LogP contribution in [0.4, 0.5) is 4.39 Å². The van der Waals surface area contributed by atoms with Crippen LogP contribution in [0.2, 0.25) is 0 Å². The number of aryl methyl sites for hydroxylation is 2. The van der Waals surface area contributed by atoms with Crippen LogP contribution in [0.25, 0.3) is 16.7 Å². The van der Waals surface area contributed by atoms with Crippen molar-refractivity contribution in [2.24, 2.45) is 0 Å².